The summed E-state index contributed by atoms with van der Waals surface area (Å²) in [5.41, 5.74) is 6.08. The molecule has 0 bridgehead atoms. The number of halogens is 2. The molecule has 17 heavy (non-hydrogen) atoms. The first kappa shape index (κ1) is 12.4. The maximum atomic E-state index is 12.9. The number of nitrogens with one attached hydrogen (secondary N) is 1. The molecule has 3 N–H and O–H groups in total. The minimum atomic E-state index is -3.03. The summed E-state index contributed by atoms with van der Waals surface area (Å²) in [6.07, 6.45) is 3.10. The van der Waals surface area contributed by atoms with Crippen LogP contribution in [-0.4, -0.2) is 24.9 Å². The van der Waals surface area contributed by atoms with Gasteiger partial charge in [0, 0.05) is 4.88 Å². The van der Waals surface area contributed by atoms with E-state index in [1.165, 1.54) is 21.8 Å². The fraction of sp³-hybridized carbons (Fsp3) is 0.545. The Balaban J connectivity index is 1.96. The van der Waals surface area contributed by atoms with Crippen LogP contribution in [0.4, 0.5) is 8.78 Å². The summed E-state index contributed by atoms with van der Waals surface area (Å²) < 4.78 is 25.7. The summed E-state index contributed by atoms with van der Waals surface area (Å²) in [5.74, 6) is -3.46. The number of hydrogen-bond acceptors (Lipinski definition) is 3. The fourth-order valence-electron chi connectivity index (χ4n) is 1.81. The molecule has 0 spiro atoms. The predicted molar refractivity (Wildman–Crippen MR) is 62.7 cm³/mol. The molecule has 1 heterocycles. The first-order valence-electron chi connectivity index (χ1n) is 5.49. The van der Waals surface area contributed by atoms with Crippen LogP contribution in [0.5, 0.6) is 0 Å². The number of thiophene rings is 1. The van der Waals surface area contributed by atoms with E-state index in [-0.39, 0.29) is 0 Å². The van der Waals surface area contributed by atoms with E-state index in [0.29, 0.717) is 4.88 Å². The number of fused-ring (bicyclic) bond motifs is 1. The van der Waals surface area contributed by atoms with E-state index >= 15 is 0 Å². The minimum Gasteiger partial charge on any atom is -0.345 e. The highest BCUT2D eigenvalue weighted by Crippen LogP contribution is 2.30. The third kappa shape index (κ3) is 2.81. The number of alkyl halides is 2. The van der Waals surface area contributed by atoms with E-state index in [9.17, 15) is 13.6 Å². The van der Waals surface area contributed by atoms with Gasteiger partial charge in [0.2, 0.25) is 0 Å². The van der Waals surface area contributed by atoms with Crippen molar-refractivity contribution in [3.63, 3.8) is 0 Å². The number of carbonyl (C=O) groups excluding carboxylic acids is 1. The van der Waals surface area contributed by atoms with Gasteiger partial charge < -0.3 is 11.1 Å². The number of aryl methyl sites for hydroxylation is 2. The van der Waals surface area contributed by atoms with Crippen LogP contribution in [0.3, 0.4) is 0 Å². The lowest BCUT2D eigenvalue weighted by atomic mass is 10.2. The highest BCUT2D eigenvalue weighted by molar-refractivity contribution is 7.14. The third-order valence-corrected chi connectivity index (χ3v) is 4.01. The van der Waals surface area contributed by atoms with E-state index in [1.54, 1.807) is 0 Å². The number of carbonyl (C=O) groups is 1. The normalized spacial score (nSPS) is 14.8. The largest absolute Gasteiger partial charge is 0.345 e. The molecule has 3 nitrogen and oxygen atoms in total. The quantitative estimate of drug-likeness (QED) is 0.863. The third-order valence-electron chi connectivity index (χ3n) is 2.78. The molecular weight excluding hydrogens is 246 g/mol. The molecule has 1 aromatic heterocycles. The van der Waals surface area contributed by atoms with Crippen molar-refractivity contribution in [3.05, 3.63) is 21.4 Å². The molecule has 1 aliphatic rings. The number of amides is 1. The van der Waals surface area contributed by atoms with Crippen molar-refractivity contribution in [2.24, 2.45) is 5.73 Å². The van der Waals surface area contributed by atoms with E-state index < -0.39 is 24.9 Å². The summed E-state index contributed by atoms with van der Waals surface area (Å²) in [6, 6.07) is 1.81. The van der Waals surface area contributed by atoms with Crippen molar-refractivity contribution < 1.29 is 13.6 Å². The van der Waals surface area contributed by atoms with Crippen molar-refractivity contribution >= 4 is 17.2 Å². The van der Waals surface area contributed by atoms with Gasteiger partial charge in [0.05, 0.1) is 18.0 Å². The highest BCUT2D eigenvalue weighted by atomic mass is 32.1. The summed E-state index contributed by atoms with van der Waals surface area (Å²) in [6.45, 7) is -1.46. The Morgan fingerprint density at radius 3 is 2.94 bits per heavy atom. The number of hydrogen-bond donors (Lipinski definition) is 2. The molecule has 0 saturated heterocycles. The second-order valence-electron chi connectivity index (χ2n) is 4.16. The molecule has 1 aliphatic carbocycles. The van der Waals surface area contributed by atoms with Gasteiger partial charge in [-0.1, -0.05) is 0 Å². The Hall–Kier alpha value is -1.01. The fourth-order valence-corrected chi connectivity index (χ4v) is 2.98. The van der Waals surface area contributed by atoms with Crippen LogP contribution in [-0.2, 0) is 12.8 Å². The molecule has 2 rings (SSSR count). The Morgan fingerprint density at radius 2 is 2.29 bits per heavy atom. The Kier molecular flexibility index (Phi) is 3.44. The van der Waals surface area contributed by atoms with Gasteiger partial charge in [0.1, 0.15) is 0 Å². The van der Waals surface area contributed by atoms with Gasteiger partial charge in [-0.15, -0.1) is 11.3 Å². The smallest absolute Gasteiger partial charge is 0.277 e. The number of rotatable bonds is 4. The molecule has 0 unspecified atom stereocenters. The monoisotopic (exact) mass is 260 g/mol. The topological polar surface area (TPSA) is 55.1 Å². The second kappa shape index (κ2) is 4.70. The molecule has 1 amide bonds. The van der Waals surface area contributed by atoms with Gasteiger partial charge in [-0.2, -0.15) is 0 Å². The van der Waals surface area contributed by atoms with E-state index in [2.05, 4.69) is 5.32 Å². The standard InChI is InChI=1S/C11H14F2N2OS/c12-11(13,5-14)6-15-10(16)9-4-7-2-1-3-8(7)17-9/h4H,1-3,5-6,14H2,(H,15,16). The van der Waals surface area contributed by atoms with Crippen LogP contribution < -0.4 is 11.1 Å². The first-order chi connectivity index (χ1) is 8.02. The van der Waals surface area contributed by atoms with E-state index in [1.807, 2.05) is 6.07 Å². The zero-order chi connectivity index (χ0) is 12.5. The van der Waals surface area contributed by atoms with E-state index in [0.717, 1.165) is 19.3 Å². The molecule has 0 atom stereocenters. The van der Waals surface area contributed by atoms with Gasteiger partial charge in [0.15, 0.2) is 0 Å². The molecule has 0 saturated carbocycles. The van der Waals surface area contributed by atoms with Crippen LogP contribution in [0.1, 0.15) is 26.5 Å². The van der Waals surface area contributed by atoms with Crippen LogP contribution in [0.2, 0.25) is 0 Å². The number of nitrogens with two attached hydrogens (primary N) is 1. The molecular formula is C11H14F2N2OS. The van der Waals surface area contributed by atoms with E-state index in [4.69, 9.17) is 5.73 Å². The summed E-state index contributed by atoms with van der Waals surface area (Å²) in [7, 11) is 0. The van der Waals surface area contributed by atoms with Crippen LogP contribution in [0, 0.1) is 0 Å². The van der Waals surface area contributed by atoms with Crippen LogP contribution in [0.15, 0.2) is 6.07 Å². The molecule has 0 fully saturated rings. The van der Waals surface area contributed by atoms with Crippen LogP contribution >= 0.6 is 11.3 Å². The molecule has 0 aromatic carbocycles. The minimum absolute atomic E-state index is 0.433. The van der Waals surface area contributed by atoms with Gasteiger partial charge in [0.25, 0.3) is 11.8 Å². The van der Waals surface area contributed by atoms with Gasteiger partial charge >= 0.3 is 0 Å². The average Bonchev–Trinajstić information content (AvgIpc) is 2.86. The predicted octanol–water partition coefficient (Wildman–Crippen LogP) is 1.56. The van der Waals surface area contributed by atoms with Crippen molar-refractivity contribution in [1.82, 2.24) is 5.32 Å². The van der Waals surface area contributed by atoms with Crippen molar-refractivity contribution in [2.75, 3.05) is 13.1 Å². The maximum Gasteiger partial charge on any atom is 0.277 e. The zero-order valence-corrected chi connectivity index (χ0v) is 10.1. The van der Waals surface area contributed by atoms with Crippen LogP contribution in [0.25, 0.3) is 0 Å². The molecule has 6 heteroatoms. The summed E-state index contributed by atoms with van der Waals surface area (Å²) in [5, 5.41) is 2.22. The lowest BCUT2D eigenvalue weighted by Gasteiger charge is -2.13. The average molecular weight is 260 g/mol. The van der Waals surface area contributed by atoms with Gasteiger partial charge in [-0.3, -0.25) is 4.79 Å². The van der Waals surface area contributed by atoms with Crippen molar-refractivity contribution in [3.8, 4) is 0 Å². The van der Waals surface area contributed by atoms with Crippen molar-refractivity contribution in [1.29, 1.82) is 0 Å². The second-order valence-corrected chi connectivity index (χ2v) is 5.29. The Labute approximate surface area is 102 Å². The maximum absolute atomic E-state index is 12.9. The highest BCUT2D eigenvalue weighted by Gasteiger charge is 2.28. The molecule has 0 radical (unpaired) electrons. The Bertz CT molecular complexity index is 410. The SMILES string of the molecule is NCC(F)(F)CNC(=O)c1cc2c(s1)CCC2. The van der Waals surface area contributed by atoms with Gasteiger partial charge in [-0.05, 0) is 30.9 Å². The first-order valence-corrected chi connectivity index (χ1v) is 6.31. The van der Waals surface area contributed by atoms with Gasteiger partial charge in [-0.25, -0.2) is 8.78 Å². The lowest BCUT2D eigenvalue weighted by molar-refractivity contribution is 0.0119. The molecule has 0 aliphatic heterocycles. The summed E-state index contributed by atoms with van der Waals surface area (Å²) >= 11 is 1.40. The van der Waals surface area contributed by atoms with Crippen molar-refractivity contribution in [2.45, 2.75) is 25.2 Å². The molecule has 94 valence electrons. The lowest BCUT2D eigenvalue weighted by Crippen LogP contribution is -2.41. The Morgan fingerprint density at radius 1 is 1.53 bits per heavy atom. The summed E-state index contributed by atoms with van der Waals surface area (Å²) in [4.78, 5) is 13.4. The zero-order valence-electron chi connectivity index (χ0n) is 9.26. The molecule has 1 aromatic rings.